The highest BCUT2D eigenvalue weighted by molar-refractivity contribution is 6.32. The molecule has 0 radical (unpaired) electrons. The van der Waals surface area contributed by atoms with Gasteiger partial charge in [0, 0.05) is 47.7 Å². The molecule has 39 nitrogen and oxygen atoms in total. The molecule has 40 heteroatoms. The van der Waals surface area contributed by atoms with Crippen molar-refractivity contribution in [2.24, 2.45) is 17.4 Å². The summed E-state index contributed by atoms with van der Waals surface area (Å²) in [6.07, 6.45) is -16.9. The van der Waals surface area contributed by atoms with Gasteiger partial charge in [-0.05, 0) is 148 Å². The van der Waals surface area contributed by atoms with Crippen molar-refractivity contribution in [2.45, 2.75) is 252 Å². The number of phenols is 3. The Hall–Kier alpha value is -11.1. The molecule has 8 aliphatic heterocycles. The Kier molecular flexibility index (Phi) is 31.9. The molecule has 23 N–H and O–H groups in total. The summed E-state index contributed by atoms with van der Waals surface area (Å²) in [6, 6.07) is 8.67. The molecule has 3 saturated heterocycles. The number of phenolic OH excluding ortho intramolecular Hbond substituents is 3. The summed E-state index contributed by atoms with van der Waals surface area (Å²) in [6.45, 7) is 11.4. The van der Waals surface area contributed by atoms with E-state index in [4.69, 9.17) is 65.7 Å². The molecule has 0 saturated carbocycles. The van der Waals surface area contributed by atoms with Crippen molar-refractivity contribution in [2.75, 3.05) is 26.8 Å². The fraction of sp³-hybridized carbons (Fsp3) is 0.500. The van der Waals surface area contributed by atoms with Gasteiger partial charge in [-0.15, -0.1) is 0 Å². The Balaban J connectivity index is 1.01. The summed E-state index contributed by atoms with van der Waals surface area (Å²) in [5.41, 5.74) is 7.66. The fourth-order valence-corrected chi connectivity index (χ4v) is 17.0. The number of ether oxygens (including phenoxy) is 9. The van der Waals surface area contributed by atoms with Gasteiger partial charge in [0.2, 0.25) is 59.3 Å². The average molecular weight is 1830 g/mol. The minimum Gasteiger partial charge on any atom is -0.508 e. The van der Waals surface area contributed by atoms with Crippen molar-refractivity contribution >= 4 is 64.8 Å². The highest BCUT2D eigenvalue weighted by Crippen LogP contribution is 2.50. The lowest BCUT2D eigenvalue weighted by atomic mass is 9.85. The molecule has 0 aromatic heterocycles. The van der Waals surface area contributed by atoms with Crippen molar-refractivity contribution in [3.8, 4) is 62.9 Å². The molecule has 8 heterocycles. The van der Waals surface area contributed by atoms with E-state index in [1.165, 1.54) is 84.0 Å². The highest BCUT2D eigenvalue weighted by atomic mass is 35.5. The van der Waals surface area contributed by atoms with Crippen LogP contribution in [0.5, 0.6) is 51.7 Å². The molecule has 8 aliphatic rings. The molecule has 11 bridgehead atoms. The molecule has 0 unspecified atom stereocenters. The largest absolute Gasteiger partial charge is 0.508 e. The smallest absolute Gasteiger partial charge is 0.330 e. The second-order valence-corrected chi connectivity index (χ2v) is 34.9. The number of amides is 8. The number of nitrogens with two attached hydrogens (primary N) is 2. The van der Waals surface area contributed by atoms with Crippen LogP contribution in [-0.4, -0.2) is 234 Å². The molecule has 6 aromatic rings. The Morgan fingerprint density at radius 2 is 1.32 bits per heavy atom. The van der Waals surface area contributed by atoms with Gasteiger partial charge in [0.25, 0.3) is 0 Å². The number of carbonyl (C=O) groups excluding carboxylic acids is 8. The van der Waals surface area contributed by atoms with Gasteiger partial charge in [-0.3, -0.25) is 38.4 Å². The topological polar surface area (TPSA) is 599 Å². The minimum absolute atomic E-state index is 0.0602. The van der Waals surface area contributed by atoms with Crippen molar-refractivity contribution in [1.82, 2.24) is 47.9 Å². The monoisotopic (exact) mass is 1830 g/mol. The predicted octanol–water partition coefficient (Wildman–Crippen LogP) is 3.38. The number of aliphatic hydroxyl groups is 6. The van der Waals surface area contributed by atoms with Crippen LogP contribution in [0, 0.1) is 5.92 Å². The Morgan fingerprint density at radius 3 is 1.98 bits per heavy atom. The number of halogens is 1. The molecule has 22 atom stereocenters. The van der Waals surface area contributed by atoms with E-state index in [-0.39, 0.29) is 71.5 Å². The van der Waals surface area contributed by atoms with Gasteiger partial charge >= 0.3 is 5.97 Å². The lowest BCUT2D eigenvalue weighted by Gasteiger charge is -2.48. The zero-order valence-corrected chi connectivity index (χ0v) is 73.5. The first-order valence-electron chi connectivity index (χ1n) is 43.1. The quantitative estimate of drug-likeness (QED) is 0.0313. The van der Waals surface area contributed by atoms with Gasteiger partial charge in [-0.2, -0.15) is 0 Å². The fourth-order valence-electron chi connectivity index (χ4n) is 16.8. The minimum atomic E-state index is -2.38. The molecule has 3 fully saturated rings. The number of aromatic hydroxyl groups is 3. The second-order valence-electron chi connectivity index (χ2n) is 34.5. The van der Waals surface area contributed by atoms with Gasteiger partial charge in [0.05, 0.1) is 61.1 Å². The maximum absolute atomic E-state index is 16.5. The molecule has 0 spiro atoms. The summed E-state index contributed by atoms with van der Waals surface area (Å²) in [4.78, 5) is 135. The number of unbranched alkanes of at least 4 members (excludes halogenated alkanes) is 5. The number of carboxylic acids is 1. The van der Waals surface area contributed by atoms with Crippen LogP contribution in [0.25, 0.3) is 11.1 Å². The number of fused-ring (bicyclic) bond motifs is 15. The second kappa shape index (κ2) is 42.4. The van der Waals surface area contributed by atoms with E-state index in [2.05, 4.69) is 54.8 Å². The van der Waals surface area contributed by atoms with Crippen LogP contribution in [0.3, 0.4) is 0 Å². The third-order valence-corrected chi connectivity index (χ3v) is 24.1. The first-order chi connectivity index (χ1) is 61.7. The highest BCUT2D eigenvalue weighted by Gasteiger charge is 2.54. The first kappa shape index (κ1) is 97.9. The molecular formula is C90H114ClN11O28. The number of nitrogens with one attached hydrogen (secondary N) is 9. The van der Waals surface area contributed by atoms with Gasteiger partial charge in [0.1, 0.15) is 101 Å². The van der Waals surface area contributed by atoms with Gasteiger partial charge in [-0.25, -0.2) is 4.79 Å². The number of aliphatic carboxylic acids is 1. The maximum Gasteiger partial charge on any atom is 0.330 e. The molecule has 8 amide bonds. The molecule has 14 rings (SSSR count). The van der Waals surface area contributed by atoms with Crippen LogP contribution in [-0.2, 0) is 73.4 Å². The molecule has 704 valence electrons. The standard InChI is InChI=1S/C90H114ClN11O28/c1-9-10-11-12-13-14-27-122-50-21-15-44(16-22-50)38-95-39-64(108)102-90(7)37-66(124-43(5)80(90)113)129-78-75(111)74(110)62(40-103)127-88(78)130-77-60-31-48-32-61(77)126-59-26-20-47(30-54(59)91)73(109)71(100-81(114)55(94-8)28-41(2)3)85(118)96-56(35-63(92)107)82(115)97-69(48)84(117)98-68-46-19-25-57(105)52(29-46)67-53(33-49(104)34-58(67)106)70(87(120)121)99-86(119)72(101-83(68)116)76(45-17-23-51(125-60)24-18-45)128-65-36-89(6,93)79(112)42(4)123-65/h15-26,29-34,41-43,55-56,62,65-66,68-76,78-80,88,94-95,103-106,109-113H,9-14,27-28,35-40,93H2,1-8H3,(H2,92,107)(H,96,118)(H,97,115)(H,98,117)(H,99,119)(H,100,114)(H,101,116)(H,102,108)(H,120,121)/t42-,43-,55+,56-,62+,65-,66-,68+,69+,70-,71+,72-,73+,74+,75-,76+,78+,79-,80-,88-,89-,90-/m0/s1. The van der Waals surface area contributed by atoms with E-state index < -0.39 is 256 Å². The number of hydrogen-bond acceptors (Lipinski definition) is 30. The summed E-state index contributed by atoms with van der Waals surface area (Å²) >= 11 is 7.22. The Morgan fingerprint density at radius 1 is 0.669 bits per heavy atom. The van der Waals surface area contributed by atoms with E-state index in [1.54, 1.807) is 0 Å². The predicted molar refractivity (Wildman–Crippen MR) is 462 cm³/mol. The number of carbonyl (C=O) groups is 9. The van der Waals surface area contributed by atoms with E-state index in [1.807, 2.05) is 38.1 Å². The maximum atomic E-state index is 16.5. The van der Waals surface area contributed by atoms with Crippen LogP contribution in [0.15, 0.2) is 109 Å². The summed E-state index contributed by atoms with van der Waals surface area (Å²) < 4.78 is 58.7. The number of likely N-dealkylation sites (N-methyl/N-ethyl adjacent to an activating group) is 1. The Labute approximate surface area is 753 Å². The zero-order valence-electron chi connectivity index (χ0n) is 72.8. The molecular weight excluding hydrogens is 1720 g/mol. The average Bonchev–Trinajstić information content (AvgIpc) is 0.766. The van der Waals surface area contributed by atoms with E-state index in [0.29, 0.717) is 12.4 Å². The molecule has 6 aromatic carbocycles. The van der Waals surface area contributed by atoms with Crippen LogP contribution in [0.2, 0.25) is 5.02 Å². The van der Waals surface area contributed by atoms with Crippen LogP contribution < -0.4 is 78.3 Å². The Bertz CT molecular complexity index is 5090. The number of carboxylic acid groups (broad SMARTS) is 1. The van der Waals surface area contributed by atoms with Crippen molar-refractivity contribution in [1.29, 1.82) is 0 Å². The van der Waals surface area contributed by atoms with E-state index >= 15 is 24.0 Å². The lowest BCUT2D eigenvalue weighted by molar-refractivity contribution is -0.334. The number of primary amides is 1. The van der Waals surface area contributed by atoms with Gasteiger partial charge in [0.15, 0.2) is 36.2 Å². The third kappa shape index (κ3) is 23.1. The van der Waals surface area contributed by atoms with E-state index in [9.17, 15) is 70.2 Å². The summed E-state index contributed by atoms with van der Waals surface area (Å²) in [7, 11) is 1.47. The van der Waals surface area contributed by atoms with Crippen molar-refractivity contribution in [3.63, 3.8) is 0 Å². The van der Waals surface area contributed by atoms with Gasteiger partial charge < -0.3 is 153 Å². The van der Waals surface area contributed by atoms with Crippen LogP contribution in [0.1, 0.15) is 176 Å². The normalized spacial score (nSPS) is 29.0. The molecule has 130 heavy (non-hydrogen) atoms. The van der Waals surface area contributed by atoms with Crippen LogP contribution in [0.4, 0.5) is 0 Å². The van der Waals surface area contributed by atoms with Gasteiger partial charge in [-0.1, -0.05) is 101 Å². The van der Waals surface area contributed by atoms with Crippen molar-refractivity contribution < 1.29 is 137 Å². The number of benzene rings is 6. The first-order valence-corrected chi connectivity index (χ1v) is 43.4. The number of aliphatic hydroxyl groups excluding tert-OH is 6. The number of rotatable bonds is 28. The summed E-state index contributed by atoms with van der Waals surface area (Å²) in [5, 5.41) is 140. The third-order valence-electron chi connectivity index (χ3n) is 23.8. The molecule has 0 aliphatic carbocycles. The van der Waals surface area contributed by atoms with Crippen molar-refractivity contribution in [3.05, 3.63) is 148 Å². The number of hydrogen-bond donors (Lipinski definition) is 21. The van der Waals surface area contributed by atoms with Crippen LogP contribution >= 0.6 is 11.6 Å². The van der Waals surface area contributed by atoms with E-state index in [0.717, 1.165) is 79.8 Å². The SMILES string of the molecule is CCCCCCCCOc1ccc(CNCC(=O)N[C@@]2(C)C[C@H](O[C@H]3[C@H](Oc4c5cc6cc4Oc4ccc(cc4Cl)[C@@H](O)[C@@H](NC(=O)[C@@H](CC(C)C)NC)C(=O)N[C@@H](CC(N)=O)C(=O)N[C@H]6C(=O)N[C@H]4C(=O)N[C@H](C(=O)N[C@H](C(=O)O)c6cc(O)cc(O)c6-c6cc4ccc6O)[C@H](O[C@H]4C[C@](C)(N)[C@@H](O)[C@H](C)O4)c4ccc(cc4)O5)O[C@H](CO)[C@@H](O)[C@@H]3O)O[C@@H](C)[C@@H]2O)cc1. The summed E-state index contributed by atoms with van der Waals surface area (Å²) in [5.74, 6) is -15.7. The zero-order chi connectivity index (χ0) is 94.1. The lowest BCUT2D eigenvalue weighted by Crippen LogP contribution is -2.66.